The fourth-order valence-corrected chi connectivity index (χ4v) is 2.50. The van der Waals surface area contributed by atoms with Crippen LogP contribution in [0.3, 0.4) is 0 Å². The molecule has 5 nitrogen and oxygen atoms in total. The molecule has 0 fully saturated rings. The smallest absolute Gasteiger partial charge is 0.227 e. The fourth-order valence-electron chi connectivity index (χ4n) is 2.50. The Hall–Kier alpha value is -2.69. The maximum atomic E-state index is 12.6. The quantitative estimate of drug-likeness (QED) is 0.837. The molecule has 0 saturated carbocycles. The minimum atomic E-state index is -0.00755. The molecule has 0 spiro atoms. The molecule has 134 valence electrons. The summed E-state index contributed by atoms with van der Waals surface area (Å²) in [6.07, 6.45) is 0.327. The number of carbonyl (C=O) groups excluding carboxylic acids is 1. The van der Waals surface area contributed by atoms with Crippen molar-refractivity contribution in [1.29, 1.82) is 0 Å². The van der Waals surface area contributed by atoms with Crippen LogP contribution in [-0.4, -0.2) is 36.2 Å². The summed E-state index contributed by atoms with van der Waals surface area (Å²) in [7, 11) is 3.26. The SMILES string of the molecule is COc1cc(CN(C)C(=O)Cc2ccccc2OC(C)C)ccc1O. The Balaban J connectivity index is 2.06. The van der Waals surface area contributed by atoms with Crippen LogP contribution in [0.15, 0.2) is 42.5 Å². The number of methoxy groups -OCH3 is 1. The monoisotopic (exact) mass is 343 g/mol. The Morgan fingerprint density at radius 3 is 2.56 bits per heavy atom. The van der Waals surface area contributed by atoms with E-state index in [0.717, 1.165) is 16.9 Å². The van der Waals surface area contributed by atoms with Crippen molar-refractivity contribution in [1.82, 2.24) is 4.90 Å². The summed E-state index contributed by atoms with van der Waals surface area (Å²) in [6, 6.07) is 12.7. The average molecular weight is 343 g/mol. The number of carbonyl (C=O) groups is 1. The van der Waals surface area contributed by atoms with E-state index in [9.17, 15) is 9.90 Å². The van der Waals surface area contributed by atoms with E-state index < -0.39 is 0 Å². The van der Waals surface area contributed by atoms with Crippen LogP contribution in [0.25, 0.3) is 0 Å². The van der Waals surface area contributed by atoms with Crippen LogP contribution in [0.1, 0.15) is 25.0 Å². The first-order valence-corrected chi connectivity index (χ1v) is 8.25. The highest BCUT2D eigenvalue weighted by Gasteiger charge is 2.14. The van der Waals surface area contributed by atoms with Crippen molar-refractivity contribution in [2.24, 2.45) is 0 Å². The number of nitrogens with zero attached hydrogens (tertiary/aromatic N) is 1. The van der Waals surface area contributed by atoms with E-state index >= 15 is 0 Å². The van der Waals surface area contributed by atoms with E-state index in [-0.39, 0.29) is 24.2 Å². The molecule has 2 aromatic rings. The fraction of sp³-hybridized carbons (Fsp3) is 0.350. The van der Waals surface area contributed by atoms with Gasteiger partial charge in [0.1, 0.15) is 5.75 Å². The summed E-state index contributed by atoms with van der Waals surface area (Å²) in [5.74, 6) is 1.21. The van der Waals surface area contributed by atoms with Gasteiger partial charge in [0, 0.05) is 19.2 Å². The van der Waals surface area contributed by atoms with Gasteiger partial charge in [0.2, 0.25) is 5.91 Å². The minimum absolute atomic E-state index is 0.00755. The predicted molar refractivity (Wildman–Crippen MR) is 97.0 cm³/mol. The van der Waals surface area contributed by atoms with Gasteiger partial charge in [-0.2, -0.15) is 0 Å². The zero-order valence-electron chi connectivity index (χ0n) is 15.2. The molecule has 1 amide bonds. The summed E-state index contributed by atoms with van der Waals surface area (Å²) in [4.78, 5) is 14.2. The maximum absolute atomic E-state index is 12.6. The van der Waals surface area contributed by atoms with E-state index in [4.69, 9.17) is 9.47 Å². The Morgan fingerprint density at radius 2 is 1.88 bits per heavy atom. The second-order valence-electron chi connectivity index (χ2n) is 6.21. The molecule has 2 aromatic carbocycles. The minimum Gasteiger partial charge on any atom is -0.504 e. The van der Waals surface area contributed by atoms with E-state index in [1.807, 2.05) is 38.1 Å². The molecule has 0 aliphatic rings. The highest BCUT2D eigenvalue weighted by atomic mass is 16.5. The van der Waals surface area contributed by atoms with Gasteiger partial charge in [-0.3, -0.25) is 4.79 Å². The van der Waals surface area contributed by atoms with Gasteiger partial charge in [0.25, 0.3) is 0 Å². The van der Waals surface area contributed by atoms with Crippen LogP contribution in [0, 0.1) is 0 Å². The third kappa shape index (κ3) is 5.14. The molecule has 0 aromatic heterocycles. The lowest BCUT2D eigenvalue weighted by atomic mass is 10.1. The van der Waals surface area contributed by atoms with Gasteiger partial charge in [-0.15, -0.1) is 0 Å². The number of hydrogen-bond acceptors (Lipinski definition) is 4. The molecular weight excluding hydrogens is 318 g/mol. The number of ether oxygens (including phenoxy) is 2. The third-order valence-corrected chi connectivity index (χ3v) is 3.77. The van der Waals surface area contributed by atoms with Crippen molar-refractivity contribution < 1.29 is 19.4 Å². The normalized spacial score (nSPS) is 10.6. The van der Waals surface area contributed by atoms with Gasteiger partial charge < -0.3 is 19.5 Å². The summed E-state index contributed by atoms with van der Waals surface area (Å²) >= 11 is 0. The number of amides is 1. The summed E-state index contributed by atoms with van der Waals surface area (Å²) < 4.78 is 10.9. The van der Waals surface area contributed by atoms with Crippen molar-refractivity contribution in [3.8, 4) is 17.2 Å². The molecule has 0 saturated heterocycles. The lowest BCUT2D eigenvalue weighted by Crippen LogP contribution is -2.28. The van der Waals surface area contributed by atoms with E-state index in [2.05, 4.69) is 0 Å². The Kier molecular flexibility index (Phi) is 6.28. The first kappa shape index (κ1) is 18.6. The zero-order chi connectivity index (χ0) is 18.4. The highest BCUT2D eigenvalue weighted by Crippen LogP contribution is 2.27. The van der Waals surface area contributed by atoms with E-state index in [0.29, 0.717) is 12.3 Å². The standard InChI is InChI=1S/C20H25NO4/c1-14(2)25-18-8-6-5-7-16(18)12-20(23)21(3)13-15-9-10-17(22)19(11-15)24-4/h5-11,14,22H,12-13H2,1-4H3. The van der Waals surface area contributed by atoms with E-state index in [1.54, 1.807) is 30.1 Å². The maximum Gasteiger partial charge on any atom is 0.227 e. The number of phenols is 1. The number of hydrogen-bond donors (Lipinski definition) is 1. The third-order valence-electron chi connectivity index (χ3n) is 3.77. The van der Waals surface area contributed by atoms with Gasteiger partial charge in [-0.25, -0.2) is 0 Å². The molecule has 0 atom stereocenters. The molecule has 0 heterocycles. The molecule has 25 heavy (non-hydrogen) atoms. The first-order chi connectivity index (χ1) is 11.9. The Bertz CT molecular complexity index is 727. The van der Waals surface area contributed by atoms with E-state index in [1.165, 1.54) is 7.11 Å². The summed E-state index contributed by atoms with van der Waals surface area (Å²) in [5, 5.41) is 9.66. The van der Waals surface area contributed by atoms with Crippen molar-refractivity contribution in [3.05, 3.63) is 53.6 Å². The van der Waals surface area contributed by atoms with Gasteiger partial charge in [0.05, 0.1) is 19.6 Å². The molecule has 1 N–H and O–H groups in total. The van der Waals surface area contributed by atoms with Crippen molar-refractivity contribution in [3.63, 3.8) is 0 Å². The molecular formula is C20H25NO4. The number of likely N-dealkylation sites (N-methyl/N-ethyl adjacent to an activating group) is 1. The molecule has 0 aliphatic carbocycles. The molecule has 0 aliphatic heterocycles. The van der Waals surface area contributed by atoms with Crippen LogP contribution in [0.2, 0.25) is 0 Å². The highest BCUT2D eigenvalue weighted by molar-refractivity contribution is 5.79. The Morgan fingerprint density at radius 1 is 1.16 bits per heavy atom. The number of aromatic hydroxyl groups is 1. The van der Waals surface area contributed by atoms with Crippen LogP contribution in [-0.2, 0) is 17.8 Å². The molecule has 0 bridgehead atoms. The molecule has 0 radical (unpaired) electrons. The largest absolute Gasteiger partial charge is 0.504 e. The number of rotatable bonds is 7. The van der Waals surface area contributed by atoms with Crippen LogP contribution in [0.5, 0.6) is 17.2 Å². The van der Waals surface area contributed by atoms with Gasteiger partial charge >= 0.3 is 0 Å². The zero-order valence-corrected chi connectivity index (χ0v) is 15.2. The topological polar surface area (TPSA) is 59.0 Å². The van der Waals surface area contributed by atoms with Gasteiger partial charge in [-0.05, 0) is 37.6 Å². The van der Waals surface area contributed by atoms with Gasteiger partial charge in [-0.1, -0.05) is 24.3 Å². The summed E-state index contributed by atoms with van der Waals surface area (Å²) in [6.45, 7) is 4.36. The number of para-hydroxylation sites is 1. The molecule has 2 rings (SSSR count). The van der Waals surface area contributed by atoms with Crippen LogP contribution < -0.4 is 9.47 Å². The second-order valence-corrected chi connectivity index (χ2v) is 6.21. The van der Waals surface area contributed by atoms with Crippen LogP contribution in [0.4, 0.5) is 0 Å². The lowest BCUT2D eigenvalue weighted by Gasteiger charge is -2.19. The molecule has 0 unspecified atom stereocenters. The van der Waals surface area contributed by atoms with Crippen LogP contribution >= 0.6 is 0 Å². The number of benzene rings is 2. The Labute approximate surface area is 148 Å². The van der Waals surface area contributed by atoms with Crippen molar-refractivity contribution in [2.45, 2.75) is 32.9 Å². The van der Waals surface area contributed by atoms with Gasteiger partial charge in [0.15, 0.2) is 11.5 Å². The van der Waals surface area contributed by atoms with Crippen molar-refractivity contribution >= 4 is 5.91 Å². The molecule has 5 heteroatoms. The average Bonchev–Trinajstić information content (AvgIpc) is 2.57. The second kappa shape index (κ2) is 8.42. The number of phenolic OH excluding ortho intramolecular Hbond substituents is 1. The first-order valence-electron chi connectivity index (χ1n) is 8.25. The van der Waals surface area contributed by atoms with Crippen molar-refractivity contribution in [2.75, 3.05) is 14.2 Å². The lowest BCUT2D eigenvalue weighted by molar-refractivity contribution is -0.129. The predicted octanol–water partition coefficient (Wildman–Crippen LogP) is 3.39. The summed E-state index contributed by atoms with van der Waals surface area (Å²) in [5.41, 5.74) is 1.76.